The average molecular weight is 311 g/mol. The molecule has 0 aliphatic rings. The summed E-state index contributed by atoms with van der Waals surface area (Å²) in [7, 11) is 3.05. The van der Waals surface area contributed by atoms with Gasteiger partial charge in [-0.3, -0.25) is 4.79 Å². The molecule has 5 heteroatoms. The fourth-order valence-electron chi connectivity index (χ4n) is 1.59. The van der Waals surface area contributed by atoms with Crippen LogP contribution in [0.1, 0.15) is 15.9 Å². The van der Waals surface area contributed by atoms with Crippen molar-refractivity contribution >= 4 is 21.7 Å². The van der Waals surface area contributed by atoms with Crippen molar-refractivity contribution in [1.29, 1.82) is 0 Å². The standard InChI is InChI=1S/C13H11BrO4/c1-16-11-6-10(14)12(17-2)5-9(11)13(15)8-3-4-18-7-8/h3-7H,1-2H3. The highest BCUT2D eigenvalue weighted by atomic mass is 79.9. The molecule has 0 N–H and O–H groups in total. The maximum Gasteiger partial charge on any atom is 0.200 e. The number of benzene rings is 1. The molecule has 1 aromatic heterocycles. The predicted octanol–water partition coefficient (Wildman–Crippen LogP) is 3.29. The molecule has 0 fully saturated rings. The molecule has 0 unspecified atom stereocenters. The average Bonchev–Trinajstić information content (AvgIpc) is 2.91. The number of ketones is 1. The zero-order valence-corrected chi connectivity index (χ0v) is 11.5. The Kier molecular flexibility index (Phi) is 3.72. The lowest BCUT2D eigenvalue weighted by molar-refractivity contribution is 0.103. The van der Waals surface area contributed by atoms with Crippen molar-refractivity contribution in [3.63, 3.8) is 0 Å². The van der Waals surface area contributed by atoms with Gasteiger partial charge in [0.25, 0.3) is 0 Å². The normalized spacial score (nSPS) is 10.2. The Hall–Kier alpha value is -1.75. The molecule has 0 saturated carbocycles. The third-order valence-electron chi connectivity index (χ3n) is 2.50. The molecule has 1 aromatic carbocycles. The smallest absolute Gasteiger partial charge is 0.200 e. The SMILES string of the molecule is COc1cc(C(=O)c2ccoc2)c(OC)cc1Br. The van der Waals surface area contributed by atoms with E-state index >= 15 is 0 Å². The van der Waals surface area contributed by atoms with Crippen LogP contribution in [0.2, 0.25) is 0 Å². The van der Waals surface area contributed by atoms with E-state index in [0.29, 0.717) is 22.6 Å². The first-order valence-electron chi connectivity index (χ1n) is 5.15. The Labute approximate surface area is 113 Å². The van der Waals surface area contributed by atoms with Crippen LogP contribution in [0.25, 0.3) is 0 Å². The van der Waals surface area contributed by atoms with E-state index in [1.165, 1.54) is 19.6 Å². The number of methoxy groups -OCH3 is 2. The van der Waals surface area contributed by atoms with Gasteiger partial charge in [0.2, 0.25) is 0 Å². The summed E-state index contributed by atoms with van der Waals surface area (Å²) in [5.41, 5.74) is 0.900. The maximum atomic E-state index is 12.3. The van der Waals surface area contributed by atoms with Crippen LogP contribution in [0.15, 0.2) is 39.6 Å². The Bertz CT molecular complexity index is 561. The molecule has 1 heterocycles. The van der Waals surface area contributed by atoms with E-state index in [-0.39, 0.29) is 5.78 Å². The quantitative estimate of drug-likeness (QED) is 0.813. The molecular formula is C13H11BrO4. The minimum absolute atomic E-state index is 0.175. The van der Waals surface area contributed by atoms with Crippen LogP contribution in [-0.2, 0) is 0 Å². The van der Waals surface area contributed by atoms with Gasteiger partial charge in [-0.25, -0.2) is 0 Å². The second kappa shape index (κ2) is 5.27. The van der Waals surface area contributed by atoms with Gasteiger partial charge in [-0.2, -0.15) is 0 Å². The van der Waals surface area contributed by atoms with E-state index in [0.717, 1.165) is 4.47 Å². The molecule has 18 heavy (non-hydrogen) atoms. The Morgan fingerprint density at radius 3 is 2.50 bits per heavy atom. The minimum atomic E-state index is -0.175. The maximum absolute atomic E-state index is 12.3. The molecule has 2 aromatic rings. The van der Waals surface area contributed by atoms with Crippen molar-refractivity contribution in [3.05, 3.63) is 46.3 Å². The number of rotatable bonds is 4. The summed E-state index contributed by atoms with van der Waals surface area (Å²) in [5, 5.41) is 0. The van der Waals surface area contributed by atoms with Crippen LogP contribution < -0.4 is 9.47 Å². The summed E-state index contributed by atoms with van der Waals surface area (Å²) in [6.07, 6.45) is 2.85. The van der Waals surface area contributed by atoms with Crippen molar-refractivity contribution in [2.45, 2.75) is 0 Å². The first kappa shape index (κ1) is 12.7. The number of hydrogen-bond acceptors (Lipinski definition) is 4. The van der Waals surface area contributed by atoms with Crippen LogP contribution in [0.5, 0.6) is 11.5 Å². The molecule has 0 bridgehead atoms. The van der Waals surface area contributed by atoms with Crippen LogP contribution >= 0.6 is 15.9 Å². The highest BCUT2D eigenvalue weighted by Gasteiger charge is 2.18. The molecule has 0 saturated heterocycles. The fourth-order valence-corrected chi connectivity index (χ4v) is 2.07. The van der Waals surface area contributed by atoms with Gasteiger partial charge in [-0.05, 0) is 34.1 Å². The third-order valence-corrected chi connectivity index (χ3v) is 3.12. The predicted molar refractivity (Wildman–Crippen MR) is 69.4 cm³/mol. The number of carbonyl (C=O) groups excluding carboxylic acids is 1. The van der Waals surface area contributed by atoms with Gasteiger partial charge in [0.1, 0.15) is 17.8 Å². The van der Waals surface area contributed by atoms with E-state index in [9.17, 15) is 4.79 Å². The van der Waals surface area contributed by atoms with Crippen LogP contribution in [0.4, 0.5) is 0 Å². The van der Waals surface area contributed by atoms with Gasteiger partial charge in [0, 0.05) is 0 Å². The van der Waals surface area contributed by atoms with Crippen molar-refractivity contribution < 1.29 is 18.7 Å². The van der Waals surface area contributed by atoms with Gasteiger partial charge in [0.15, 0.2) is 5.78 Å². The first-order valence-corrected chi connectivity index (χ1v) is 5.95. The van der Waals surface area contributed by atoms with E-state index < -0.39 is 0 Å². The zero-order chi connectivity index (χ0) is 13.1. The zero-order valence-electron chi connectivity index (χ0n) is 9.90. The summed E-state index contributed by atoms with van der Waals surface area (Å²) in [4.78, 5) is 12.3. The van der Waals surface area contributed by atoms with Crippen molar-refractivity contribution in [1.82, 2.24) is 0 Å². The lowest BCUT2D eigenvalue weighted by Gasteiger charge is -2.10. The van der Waals surface area contributed by atoms with Crippen LogP contribution in [0.3, 0.4) is 0 Å². The molecule has 0 aliphatic carbocycles. The van der Waals surface area contributed by atoms with Crippen molar-refractivity contribution in [2.24, 2.45) is 0 Å². The second-order valence-electron chi connectivity index (χ2n) is 3.53. The monoisotopic (exact) mass is 310 g/mol. The van der Waals surface area contributed by atoms with Crippen molar-refractivity contribution in [2.75, 3.05) is 14.2 Å². The number of halogens is 1. The summed E-state index contributed by atoms with van der Waals surface area (Å²) in [6.45, 7) is 0. The molecule has 2 rings (SSSR count). The number of ether oxygens (including phenoxy) is 2. The molecule has 0 atom stereocenters. The second-order valence-corrected chi connectivity index (χ2v) is 4.38. The molecular weight excluding hydrogens is 300 g/mol. The van der Waals surface area contributed by atoms with Crippen LogP contribution in [0, 0.1) is 0 Å². The lowest BCUT2D eigenvalue weighted by Crippen LogP contribution is -2.03. The van der Waals surface area contributed by atoms with E-state index in [1.807, 2.05) is 0 Å². The molecule has 4 nitrogen and oxygen atoms in total. The molecule has 0 spiro atoms. The van der Waals surface area contributed by atoms with E-state index in [2.05, 4.69) is 15.9 Å². The lowest BCUT2D eigenvalue weighted by atomic mass is 10.0. The number of carbonyl (C=O) groups is 1. The van der Waals surface area contributed by atoms with E-state index in [1.54, 1.807) is 25.3 Å². The Morgan fingerprint density at radius 1 is 1.22 bits per heavy atom. The Morgan fingerprint density at radius 2 is 1.94 bits per heavy atom. The van der Waals surface area contributed by atoms with Crippen molar-refractivity contribution in [3.8, 4) is 11.5 Å². The summed E-state index contributed by atoms with van der Waals surface area (Å²) in [5.74, 6) is 0.878. The van der Waals surface area contributed by atoms with Gasteiger partial charge in [0.05, 0.1) is 36.1 Å². The summed E-state index contributed by atoms with van der Waals surface area (Å²) in [6, 6.07) is 4.95. The topological polar surface area (TPSA) is 48.7 Å². The van der Waals surface area contributed by atoms with Gasteiger partial charge in [-0.1, -0.05) is 0 Å². The molecule has 94 valence electrons. The fraction of sp³-hybridized carbons (Fsp3) is 0.154. The molecule has 0 aliphatic heterocycles. The Balaban J connectivity index is 2.52. The van der Waals surface area contributed by atoms with Gasteiger partial charge < -0.3 is 13.9 Å². The van der Waals surface area contributed by atoms with Gasteiger partial charge >= 0.3 is 0 Å². The summed E-state index contributed by atoms with van der Waals surface area (Å²) >= 11 is 3.35. The highest BCUT2D eigenvalue weighted by Crippen LogP contribution is 2.33. The highest BCUT2D eigenvalue weighted by molar-refractivity contribution is 9.10. The summed E-state index contributed by atoms with van der Waals surface area (Å²) < 4.78 is 16.0. The van der Waals surface area contributed by atoms with Crippen LogP contribution in [-0.4, -0.2) is 20.0 Å². The largest absolute Gasteiger partial charge is 0.496 e. The molecule has 0 amide bonds. The number of hydrogen-bond donors (Lipinski definition) is 0. The number of furan rings is 1. The first-order chi connectivity index (χ1) is 8.67. The van der Waals surface area contributed by atoms with E-state index in [4.69, 9.17) is 13.9 Å². The minimum Gasteiger partial charge on any atom is -0.496 e. The third kappa shape index (κ3) is 2.26. The molecule has 0 radical (unpaired) electrons. The van der Waals surface area contributed by atoms with Gasteiger partial charge in [-0.15, -0.1) is 0 Å².